The van der Waals surface area contributed by atoms with Gasteiger partial charge in [-0.3, -0.25) is 4.79 Å². The van der Waals surface area contributed by atoms with Crippen molar-refractivity contribution in [3.05, 3.63) is 60.2 Å². The monoisotopic (exact) mass is 365 g/mol. The molecule has 0 heterocycles. The Kier molecular flexibility index (Phi) is 6.92. The Labute approximate surface area is 163 Å². The molecule has 1 saturated carbocycles. The predicted molar refractivity (Wildman–Crippen MR) is 110 cm³/mol. The van der Waals surface area contributed by atoms with Crippen molar-refractivity contribution in [1.82, 2.24) is 4.90 Å². The molecular weight excluding hydrogens is 334 g/mol. The molecule has 0 bridgehead atoms. The molecule has 0 atom stereocenters. The maximum atomic E-state index is 13.1. The third-order valence-corrected chi connectivity index (χ3v) is 5.10. The van der Waals surface area contributed by atoms with E-state index in [1.807, 2.05) is 42.5 Å². The zero-order chi connectivity index (χ0) is 19.1. The molecule has 1 amide bonds. The molecule has 1 aliphatic carbocycles. The second-order valence-corrected chi connectivity index (χ2v) is 8.01. The molecule has 3 heteroatoms. The van der Waals surface area contributed by atoms with Gasteiger partial charge in [0.1, 0.15) is 11.5 Å². The smallest absolute Gasteiger partial charge is 0.225 e. The van der Waals surface area contributed by atoms with Crippen molar-refractivity contribution < 1.29 is 9.53 Å². The summed E-state index contributed by atoms with van der Waals surface area (Å²) in [6, 6.07) is 17.9. The minimum absolute atomic E-state index is 0.209. The molecule has 2 aromatic carbocycles. The number of rotatable bonds is 7. The van der Waals surface area contributed by atoms with Gasteiger partial charge >= 0.3 is 0 Å². The van der Waals surface area contributed by atoms with Gasteiger partial charge in [0, 0.05) is 19.0 Å². The number of amides is 1. The molecule has 144 valence electrons. The molecule has 0 aliphatic heterocycles. The highest BCUT2D eigenvalue weighted by Crippen LogP contribution is 2.27. The van der Waals surface area contributed by atoms with E-state index in [4.69, 9.17) is 4.74 Å². The van der Waals surface area contributed by atoms with Gasteiger partial charge in [-0.1, -0.05) is 63.4 Å². The van der Waals surface area contributed by atoms with Crippen LogP contribution >= 0.6 is 0 Å². The van der Waals surface area contributed by atoms with E-state index < -0.39 is 0 Å². The first-order chi connectivity index (χ1) is 13.1. The minimum Gasteiger partial charge on any atom is -0.457 e. The van der Waals surface area contributed by atoms with Crippen LogP contribution in [0.4, 0.5) is 0 Å². The van der Waals surface area contributed by atoms with E-state index in [1.165, 1.54) is 19.3 Å². The van der Waals surface area contributed by atoms with Gasteiger partial charge in [0.2, 0.25) is 5.91 Å². The van der Waals surface area contributed by atoms with Crippen LogP contribution < -0.4 is 4.74 Å². The van der Waals surface area contributed by atoms with Gasteiger partial charge in [-0.25, -0.2) is 0 Å². The summed E-state index contributed by atoms with van der Waals surface area (Å²) in [5.74, 6) is 2.64. The molecule has 3 nitrogen and oxygen atoms in total. The van der Waals surface area contributed by atoms with Gasteiger partial charge in [-0.15, -0.1) is 0 Å². The zero-order valence-electron chi connectivity index (χ0n) is 16.6. The van der Waals surface area contributed by atoms with Gasteiger partial charge in [0.05, 0.1) is 0 Å². The summed E-state index contributed by atoms with van der Waals surface area (Å²) in [7, 11) is 0. The first-order valence-electron chi connectivity index (χ1n) is 10.2. The van der Waals surface area contributed by atoms with Crippen molar-refractivity contribution in [2.45, 2.75) is 52.5 Å². The highest BCUT2D eigenvalue weighted by atomic mass is 16.5. The van der Waals surface area contributed by atoms with Gasteiger partial charge in [-0.05, 0) is 48.6 Å². The lowest BCUT2D eigenvalue weighted by atomic mass is 9.88. The first kappa shape index (κ1) is 19.5. The van der Waals surface area contributed by atoms with Crippen LogP contribution in [0.1, 0.15) is 51.5 Å². The molecule has 0 N–H and O–H groups in total. The third-order valence-electron chi connectivity index (χ3n) is 5.10. The van der Waals surface area contributed by atoms with Crippen LogP contribution in [0.2, 0.25) is 0 Å². The lowest BCUT2D eigenvalue weighted by Crippen LogP contribution is -2.38. The molecule has 1 fully saturated rings. The van der Waals surface area contributed by atoms with Crippen molar-refractivity contribution >= 4 is 5.91 Å². The number of hydrogen-bond acceptors (Lipinski definition) is 2. The third kappa shape index (κ3) is 5.85. The van der Waals surface area contributed by atoms with Crippen LogP contribution in [0, 0.1) is 11.8 Å². The summed E-state index contributed by atoms with van der Waals surface area (Å²) in [4.78, 5) is 15.2. The van der Waals surface area contributed by atoms with E-state index in [0.29, 0.717) is 18.4 Å². The summed E-state index contributed by atoms with van der Waals surface area (Å²) in [5, 5.41) is 0. The summed E-state index contributed by atoms with van der Waals surface area (Å²) in [5.41, 5.74) is 1.12. The number of carbonyl (C=O) groups is 1. The topological polar surface area (TPSA) is 29.5 Å². The number of para-hydroxylation sites is 1. The number of hydrogen-bond donors (Lipinski definition) is 0. The summed E-state index contributed by atoms with van der Waals surface area (Å²) < 4.78 is 5.96. The number of benzene rings is 2. The average molecular weight is 366 g/mol. The fourth-order valence-electron chi connectivity index (χ4n) is 3.83. The van der Waals surface area contributed by atoms with E-state index in [2.05, 4.69) is 30.9 Å². The maximum Gasteiger partial charge on any atom is 0.225 e. The quantitative estimate of drug-likeness (QED) is 0.598. The van der Waals surface area contributed by atoms with Crippen LogP contribution in [0.25, 0.3) is 0 Å². The van der Waals surface area contributed by atoms with Crippen LogP contribution in [0.15, 0.2) is 54.6 Å². The highest BCUT2D eigenvalue weighted by molar-refractivity contribution is 5.79. The van der Waals surface area contributed by atoms with Gasteiger partial charge in [0.25, 0.3) is 0 Å². The van der Waals surface area contributed by atoms with Crippen LogP contribution in [-0.2, 0) is 11.3 Å². The Hall–Kier alpha value is -2.29. The SMILES string of the molecule is CC(C)CN(Cc1cccc(Oc2ccccc2)c1)C(=O)C1CCCCC1. The molecule has 0 saturated heterocycles. The second-order valence-electron chi connectivity index (χ2n) is 8.01. The van der Waals surface area contributed by atoms with Crippen LogP contribution in [0.5, 0.6) is 11.5 Å². The fraction of sp³-hybridized carbons (Fsp3) is 0.458. The van der Waals surface area contributed by atoms with Crippen molar-refractivity contribution in [3.63, 3.8) is 0 Å². The Morgan fingerprint density at radius 2 is 1.70 bits per heavy atom. The number of carbonyl (C=O) groups excluding carboxylic acids is 1. The molecule has 1 aliphatic rings. The standard InChI is InChI=1S/C24H31NO2/c1-19(2)17-25(24(26)21-11-5-3-6-12-21)18-20-10-9-15-23(16-20)27-22-13-7-4-8-14-22/h4,7-10,13-16,19,21H,3,5-6,11-12,17-18H2,1-2H3. The summed E-state index contributed by atoms with van der Waals surface area (Å²) in [6.45, 7) is 5.81. The molecule has 3 rings (SSSR count). The molecular formula is C24H31NO2. The minimum atomic E-state index is 0.209. The normalized spacial score (nSPS) is 14.9. The Balaban J connectivity index is 1.71. The number of ether oxygens (including phenoxy) is 1. The lowest BCUT2D eigenvalue weighted by Gasteiger charge is -2.30. The van der Waals surface area contributed by atoms with Crippen molar-refractivity contribution in [2.75, 3.05) is 6.54 Å². The Morgan fingerprint density at radius 3 is 2.41 bits per heavy atom. The van der Waals surface area contributed by atoms with Gasteiger partial charge in [0.15, 0.2) is 0 Å². The molecule has 2 aromatic rings. The Morgan fingerprint density at radius 1 is 1.00 bits per heavy atom. The molecule has 0 spiro atoms. The van der Waals surface area contributed by atoms with Crippen molar-refractivity contribution in [2.24, 2.45) is 11.8 Å². The van der Waals surface area contributed by atoms with Crippen LogP contribution in [-0.4, -0.2) is 17.4 Å². The van der Waals surface area contributed by atoms with Crippen LogP contribution in [0.3, 0.4) is 0 Å². The zero-order valence-corrected chi connectivity index (χ0v) is 16.6. The fourth-order valence-corrected chi connectivity index (χ4v) is 3.83. The van der Waals surface area contributed by atoms with E-state index in [1.54, 1.807) is 0 Å². The molecule has 0 aromatic heterocycles. The summed E-state index contributed by atoms with van der Waals surface area (Å²) in [6.07, 6.45) is 5.74. The highest BCUT2D eigenvalue weighted by Gasteiger charge is 2.26. The maximum absolute atomic E-state index is 13.1. The second kappa shape index (κ2) is 9.59. The van der Waals surface area contributed by atoms with Crippen molar-refractivity contribution in [3.8, 4) is 11.5 Å². The molecule has 27 heavy (non-hydrogen) atoms. The van der Waals surface area contributed by atoms with E-state index in [-0.39, 0.29) is 5.92 Å². The van der Waals surface area contributed by atoms with E-state index in [9.17, 15) is 4.79 Å². The van der Waals surface area contributed by atoms with E-state index >= 15 is 0 Å². The lowest BCUT2D eigenvalue weighted by molar-refractivity contribution is -0.137. The molecule has 0 unspecified atom stereocenters. The predicted octanol–water partition coefficient (Wildman–Crippen LogP) is 6.04. The summed E-state index contributed by atoms with van der Waals surface area (Å²) >= 11 is 0. The number of nitrogens with zero attached hydrogens (tertiary/aromatic N) is 1. The van der Waals surface area contributed by atoms with E-state index in [0.717, 1.165) is 36.4 Å². The average Bonchev–Trinajstić information content (AvgIpc) is 2.68. The largest absolute Gasteiger partial charge is 0.457 e. The van der Waals surface area contributed by atoms with Crippen molar-refractivity contribution in [1.29, 1.82) is 0 Å². The van der Waals surface area contributed by atoms with Gasteiger partial charge in [-0.2, -0.15) is 0 Å². The van der Waals surface area contributed by atoms with Gasteiger partial charge < -0.3 is 9.64 Å². The Bertz CT molecular complexity index is 720. The first-order valence-corrected chi connectivity index (χ1v) is 10.2. The molecule has 0 radical (unpaired) electrons.